The van der Waals surface area contributed by atoms with E-state index in [0.29, 0.717) is 5.56 Å². The summed E-state index contributed by atoms with van der Waals surface area (Å²) in [5, 5.41) is 4.38. The van der Waals surface area contributed by atoms with E-state index in [2.05, 4.69) is 15.6 Å². The van der Waals surface area contributed by atoms with Crippen LogP contribution in [0.4, 0.5) is 0 Å². The minimum Gasteiger partial charge on any atom is -0.322 e. The van der Waals surface area contributed by atoms with Gasteiger partial charge in [-0.1, -0.05) is 13.0 Å². The Kier molecular flexibility index (Phi) is 6.00. The van der Waals surface area contributed by atoms with Crippen molar-refractivity contribution in [1.82, 2.24) is 20.5 Å². The highest BCUT2D eigenvalue weighted by Gasteiger charge is 2.39. The molecule has 0 spiro atoms. The Hall–Kier alpha value is -3.93. The van der Waals surface area contributed by atoms with Crippen LogP contribution in [-0.2, 0) is 26.0 Å². The number of sulfone groups is 1. The highest BCUT2D eigenvalue weighted by atomic mass is 32.2. The Labute approximate surface area is 194 Å². The van der Waals surface area contributed by atoms with Crippen LogP contribution in [0, 0.1) is 0 Å². The average molecular weight is 484 g/mol. The van der Waals surface area contributed by atoms with Crippen LogP contribution in [0.15, 0.2) is 41.4 Å². The maximum atomic E-state index is 12.9. The first-order chi connectivity index (χ1) is 16.1. The molecule has 5 amide bonds. The molecule has 1 atom stereocenters. The van der Waals surface area contributed by atoms with Crippen molar-refractivity contribution in [2.45, 2.75) is 37.2 Å². The molecule has 34 heavy (non-hydrogen) atoms. The molecule has 2 aliphatic rings. The fourth-order valence-corrected chi connectivity index (χ4v) is 4.62. The summed E-state index contributed by atoms with van der Waals surface area (Å²) in [5.74, 6) is -3.08. The molecule has 12 heteroatoms. The van der Waals surface area contributed by atoms with Gasteiger partial charge in [-0.25, -0.2) is 13.4 Å². The molecule has 1 aromatic heterocycles. The molecule has 176 valence electrons. The maximum absolute atomic E-state index is 12.9. The van der Waals surface area contributed by atoms with Crippen LogP contribution >= 0.6 is 0 Å². The first-order valence-electron chi connectivity index (χ1n) is 10.4. The number of amides is 5. The number of nitrogens with one attached hydrogen (secondary N) is 2. The summed E-state index contributed by atoms with van der Waals surface area (Å²) in [7, 11) is -3.48. The van der Waals surface area contributed by atoms with E-state index in [0.717, 1.165) is 6.20 Å². The number of hydrogen-bond donors (Lipinski definition) is 2. The summed E-state index contributed by atoms with van der Waals surface area (Å²) in [6, 6.07) is 6.03. The van der Waals surface area contributed by atoms with E-state index in [4.69, 9.17) is 0 Å². The van der Waals surface area contributed by atoms with Crippen molar-refractivity contribution in [3.05, 3.63) is 58.9 Å². The fraction of sp³-hybridized carbons (Fsp3) is 0.273. The molecule has 4 rings (SSSR count). The zero-order valence-electron chi connectivity index (χ0n) is 18.0. The number of nitrogens with zero attached hydrogens (tertiary/aromatic N) is 2. The number of aromatic nitrogens is 1. The maximum Gasteiger partial charge on any atom is 0.276 e. The first kappa shape index (κ1) is 23.2. The number of piperidine rings is 1. The number of carbonyl (C=O) groups is 5. The molecule has 1 unspecified atom stereocenters. The van der Waals surface area contributed by atoms with Crippen molar-refractivity contribution >= 4 is 39.4 Å². The van der Waals surface area contributed by atoms with Crippen molar-refractivity contribution in [3.63, 3.8) is 0 Å². The van der Waals surface area contributed by atoms with Crippen LogP contribution in [0.5, 0.6) is 0 Å². The van der Waals surface area contributed by atoms with Gasteiger partial charge in [-0.15, -0.1) is 0 Å². The van der Waals surface area contributed by atoms with Crippen molar-refractivity contribution in [3.8, 4) is 0 Å². The zero-order chi connectivity index (χ0) is 24.6. The molecule has 3 heterocycles. The number of benzene rings is 1. The molecular formula is C22H20N4O7S. The van der Waals surface area contributed by atoms with E-state index in [1.54, 1.807) is 6.07 Å². The van der Waals surface area contributed by atoms with Crippen molar-refractivity contribution in [2.24, 2.45) is 0 Å². The van der Waals surface area contributed by atoms with Gasteiger partial charge < -0.3 is 4.90 Å². The molecule has 11 nitrogen and oxygen atoms in total. The Morgan fingerprint density at radius 1 is 1.15 bits per heavy atom. The SMILES string of the molecule is CCS(=O)(=O)c1ccc(C(=O)NC(=O)c2ccc3c(c2)C(=O)N(C2CCC(=O)NC2=O)C3)nc1. The zero-order valence-corrected chi connectivity index (χ0v) is 18.8. The first-order valence-corrected chi connectivity index (χ1v) is 12.1. The lowest BCUT2D eigenvalue weighted by atomic mass is 10.0. The molecule has 1 aromatic carbocycles. The minimum atomic E-state index is -3.48. The monoisotopic (exact) mass is 484 g/mol. The summed E-state index contributed by atoms with van der Waals surface area (Å²) >= 11 is 0. The highest BCUT2D eigenvalue weighted by molar-refractivity contribution is 7.91. The smallest absolute Gasteiger partial charge is 0.276 e. The number of fused-ring (bicyclic) bond motifs is 1. The van der Waals surface area contributed by atoms with E-state index in [-0.39, 0.29) is 52.8 Å². The van der Waals surface area contributed by atoms with Gasteiger partial charge in [0.2, 0.25) is 11.8 Å². The number of carbonyl (C=O) groups excluding carboxylic acids is 5. The Balaban J connectivity index is 1.47. The van der Waals surface area contributed by atoms with E-state index < -0.39 is 39.5 Å². The van der Waals surface area contributed by atoms with Crippen molar-refractivity contribution < 1.29 is 32.4 Å². The van der Waals surface area contributed by atoms with Gasteiger partial charge in [0.15, 0.2) is 9.84 Å². The van der Waals surface area contributed by atoms with Gasteiger partial charge in [0.25, 0.3) is 17.7 Å². The van der Waals surface area contributed by atoms with Crippen molar-refractivity contribution in [2.75, 3.05) is 5.75 Å². The van der Waals surface area contributed by atoms with E-state index in [1.807, 2.05) is 0 Å². The molecule has 0 aliphatic carbocycles. The fourth-order valence-electron chi connectivity index (χ4n) is 3.80. The molecule has 0 saturated carbocycles. The summed E-state index contributed by atoms with van der Waals surface area (Å²) in [5.41, 5.74) is 0.754. The molecule has 1 saturated heterocycles. The molecule has 0 bridgehead atoms. The van der Waals surface area contributed by atoms with Gasteiger partial charge in [0.1, 0.15) is 11.7 Å². The van der Waals surface area contributed by atoms with Crippen molar-refractivity contribution in [1.29, 1.82) is 0 Å². The van der Waals surface area contributed by atoms with Crippen LogP contribution in [0.3, 0.4) is 0 Å². The summed E-state index contributed by atoms with van der Waals surface area (Å²) in [4.78, 5) is 66.5. The lowest BCUT2D eigenvalue weighted by Crippen LogP contribution is -2.52. The van der Waals surface area contributed by atoms with Gasteiger partial charge >= 0.3 is 0 Å². The normalized spacial score (nSPS) is 17.9. The number of hydrogen-bond acceptors (Lipinski definition) is 8. The molecule has 2 aliphatic heterocycles. The van der Waals surface area contributed by atoms with E-state index in [1.165, 1.54) is 36.1 Å². The Morgan fingerprint density at radius 3 is 2.56 bits per heavy atom. The third-order valence-electron chi connectivity index (χ3n) is 5.73. The lowest BCUT2D eigenvalue weighted by Gasteiger charge is -2.29. The predicted octanol–water partition coefficient (Wildman–Crippen LogP) is 0.206. The highest BCUT2D eigenvalue weighted by Crippen LogP contribution is 2.28. The van der Waals surface area contributed by atoms with Gasteiger partial charge in [0.05, 0.1) is 10.6 Å². The molecule has 0 radical (unpaired) electrons. The van der Waals surface area contributed by atoms with E-state index >= 15 is 0 Å². The molecule has 2 N–H and O–H groups in total. The summed E-state index contributed by atoms with van der Waals surface area (Å²) < 4.78 is 23.7. The standard InChI is InChI=1S/C22H20N4O7S/c1-2-34(32,33)14-5-6-16(23-10-14)20(29)25-19(28)12-3-4-13-11-26(22(31)15(13)9-12)17-7-8-18(27)24-21(17)30/h3-6,9-10,17H,2,7-8,11H2,1H3,(H,24,27,30)(H,25,28,29). The van der Waals surface area contributed by atoms with Gasteiger partial charge in [-0.3, -0.25) is 34.6 Å². The topological polar surface area (TPSA) is 160 Å². The predicted molar refractivity (Wildman–Crippen MR) is 116 cm³/mol. The van der Waals surface area contributed by atoms with Crippen LogP contribution in [0.2, 0.25) is 0 Å². The van der Waals surface area contributed by atoms with Crippen LogP contribution < -0.4 is 10.6 Å². The van der Waals surface area contributed by atoms with Gasteiger partial charge in [-0.2, -0.15) is 0 Å². The number of rotatable bonds is 5. The van der Waals surface area contributed by atoms with Crippen LogP contribution in [-0.4, -0.2) is 59.6 Å². The largest absolute Gasteiger partial charge is 0.322 e. The molecular weight excluding hydrogens is 464 g/mol. The van der Waals surface area contributed by atoms with Crippen LogP contribution in [0.1, 0.15) is 56.5 Å². The average Bonchev–Trinajstić information content (AvgIpc) is 3.14. The number of imide groups is 2. The molecule has 2 aromatic rings. The second kappa shape index (κ2) is 8.78. The Morgan fingerprint density at radius 2 is 1.91 bits per heavy atom. The second-order valence-electron chi connectivity index (χ2n) is 7.84. The van der Waals surface area contributed by atoms with E-state index in [9.17, 15) is 32.4 Å². The number of pyridine rings is 1. The summed E-state index contributed by atoms with van der Waals surface area (Å²) in [6.07, 6.45) is 1.40. The quantitative estimate of drug-likeness (QED) is 0.570. The third-order valence-corrected chi connectivity index (χ3v) is 7.45. The summed E-state index contributed by atoms with van der Waals surface area (Å²) in [6.45, 7) is 1.65. The third kappa shape index (κ3) is 4.31. The Bertz CT molecular complexity index is 1340. The van der Waals surface area contributed by atoms with Crippen LogP contribution in [0.25, 0.3) is 0 Å². The minimum absolute atomic E-state index is 0.0319. The lowest BCUT2D eigenvalue weighted by molar-refractivity contribution is -0.136. The van der Waals surface area contributed by atoms with Gasteiger partial charge in [-0.05, 0) is 36.2 Å². The molecule has 1 fully saturated rings. The van der Waals surface area contributed by atoms with Gasteiger partial charge in [0, 0.05) is 30.3 Å². The second-order valence-corrected chi connectivity index (χ2v) is 10.1.